The Morgan fingerprint density at radius 2 is 1.42 bits per heavy atom. The van der Waals surface area contributed by atoms with Gasteiger partial charge in [-0.05, 0) is 106 Å². The first-order valence-electron chi connectivity index (χ1n) is 12.6. The van der Waals surface area contributed by atoms with Crippen LogP contribution in [-0.4, -0.2) is 12.6 Å². The molecule has 1 aromatic rings. The molecule has 33 heavy (non-hydrogen) atoms. The predicted octanol–water partition coefficient (Wildman–Crippen LogP) is 7.26. The normalized spacial score (nSPS) is 31.8. The van der Waals surface area contributed by atoms with Gasteiger partial charge >= 0.3 is 5.97 Å². The van der Waals surface area contributed by atoms with Crippen LogP contribution in [0.5, 0.6) is 11.5 Å². The number of hydrogen-bond donors (Lipinski definition) is 0. The molecule has 3 aliphatic rings. The molecule has 0 saturated heterocycles. The molecule has 0 N–H and O–H groups in total. The lowest BCUT2D eigenvalue weighted by Crippen LogP contribution is -2.35. The molecule has 3 saturated carbocycles. The Balaban J connectivity index is 1.27. The Kier molecular flexibility index (Phi) is 7.87. The van der Waals surface area contributed by atoms with Crippen LogP contribution < -0.4 is 9.47 Å². The molecule has 0 spiro atoms. The third-order valence-electron chi connectivity index (χ3n) is 8.38. The number of allylic oxidation sites excluding steroid dienone is 1. The largest absolute Gasteiger partial charge is 0.486 e. The minimum atomic E-state index is -1.19. The predicted molar refractivity (Wildman–Crippen MR) is 125 cm³/mol. The summed E-state index contributed by atoms with van der Waals surface area (Å²) in [4.78, 5) is 12.7. The van der Waals surface area contributed by atoms with Crippen molar-refractivity contribution in [3.63, 3.8) is 0 Å². The summed E-state index contributed by atoms with van der Waals surface area (Å²) in [6, 6.07) is 2.53. The molecular formula is C28H36F2O3. The lowest BCUT2D eigenvalue weighted by molar-refractivity contribution is -0.140. The molecule has 4 rings (SSSR count). The zero-order valence-corrected chi connectivity index (χ0v) is 19.4. The first-order valence-corrected chi connectivity index (χ1v) is 12.6. The van der Waals surface area contributed by atoms with Crippen LogP contribution in [0.1, 0.15) is 64.2 Å². The zero-order valence-electron chi connectivity index (χ0n) is 19.4. The van der Waals surface area contributed by atoms with Crippen LogP contribution >= 0.6 is 0 Å². The fourth-order valence-electron chi connectivity index (χ4n) is 6.48. The second-order valence-corrected chi connectivity index (χ2v) is 10.2. The molecule has 180 valence electrons. The fraction of sp³-hybridized carbons (Fsp3) is 0.607. The highest BCUT2D eigenvalue weighted by Gasteiger charge is 2.39. The van der Waals surface area contributed by atoms with Crippen LogP contribution in [0.15, 0.2) is 37.4 Å². The Morgan fingerprint density at radius 1 is 0.848 bits per heavy atom. The van der Waals surface area contributed by atoms with Crippen molar-refractivity contribution in [2.24, 2.45) is 35.5 Å². The second kappa shape index (κ2) is 10.8. The SMILES string of the molecule is C=CCOc1ccc(OC(=O)C2CCC(C3CCC4CC(C=C)CCC4C3)CC2)c(F)c1F. The highest BCUT2D eigenvalue weighted by Crippen LogP contribution is 2.49. The van der Waals surface area contributed by atoms with Gasteiger partial charge in [-0.2, -0.15) is 8.78 Å². The van der Waals surface area contributed by atoms with Crippen LogP contribution in [0.25, 0.3) is 0 Å². The van der Waals surface area contributed by atoms with Crippen LogP contribution in [0, 0.1) is 47.1 Å². The number of benzene rings is 1. The van der Waals surface area contributed by atoms with Gasteiger partial charge in [-0.25, -0.2) is 0 Å². The quantitative estimate of drug-likeness (QED) is 0.245. The maximum Gasteiger partial charge on any atom is 0.314 e. The van der Waals surface area contributed by atoms with Crippen LogP contribution in [0.2, 0.25) is 0 Å². The molecule has 0 aliphatic heterocycles. The number of hydrogen-bond acceptors (Lipinski definition) is 3. The van der Waals surface area contributed by atoms with Crippen LogP contribution in [-0.2, 0) is 4.79 Å². The average Bonchev–Trinajstić information content (AvgIpc) is 2.85. The Hall–Kier alpha value is -2.17. The smallest absolute Gasteiger partial charge is 0.314 e. The molecule has 0 heterocycles. The van der Waals surface area contributed by atoms with E-state index in [1.54, 1.807) is 0 Å². The van der Waals surface area contributed by atoms with E-state index in [9.17, 15) is 13.6 Å². The molecule has 1 aromatic carbocycles. The molecule has 0 aromatic heterocycles. The fourth-order valence-corrected chi connectivity index (χ4v) is 6.48. The molecular weight excluding hydrogens is 422 g/mol. The topological polar surface area (TPSA) is 35.5 Å². The summed E-state index contributed by atoms with van der Waals surface area (Å²) in [6.45, 7) is 7.54. The van der Waals surface area contributed by atoms with E-state index in [1.165, 1.54) is 56.7 Å². The van der Waals surface area contributed by atoms with E-state index in [1.807, 2.05) is 0 Å². The summed E-state index contributed by atoms with van der Waals surface area (Å²) in [6.07, 6.45) is 15.0. The van der Waals surface area contributed by atoms with E-state index in [2.05, 4.69) is 19.2 Å². The average molecular weight is 459 g/mol. The van der Waals surface area contributed by atoms with Crippen molar-refractivity contribution in [2.75, 3.05) is 6.61 Å². The second-order valence-electron chi connectivity index (χ2n) is 10.2. The first-order chi connectivity index (χ1) is 16.0. The molecule has 4 atom stereocenters. The Labute approximate surface area is 196 Å². The van der Waals surface area contributed by atoms with E-state index in [-0.39, 0.29) is 24.0 Å². The number of carbonyl (C=O) groups excluding carboxylic acids is 1. The van der Waals surface area contributed by atoms with Gasteiger partial charge in [-0.3, -0.25) is 4.79 Å². The minimum absolute atomic E-state index is 0.0659. The van der Waals surface area contributed by atoms with Gasteiger partial charge in [0.15, 0.2) is 11.5 Å². The van der Waals surface area contributed by atoms with E-state index in [4.69, 9.17) is 9.47 Å². The van der Waals surface area contributed by atoms with Gasteiger partial charge in [0.05, 0.1) is 5.92 Å². The van der Waals surface area contributed by atoms with Crippen molar-refractivity contribution in [1.82, 2.24) is 0 Å². The highest BCUT2D eigenvalue weighted by atomic mass is 19.2. The summed E-state index contributed by atoms with van der Waals surface area (Å²) in [5.41, 5.74) is 0. The molecule has 3 fully saturated rings. The van der Waals surface area contributed by atoms with Gasteiger partial charge in [0, 0.05) is 0 Å². The molecule has 0 amide bonds. The molecule has 0 bridgehead atoms. The van der Waals surface area contributed by atoms with Gasteiger partial charge in [0.2, 0.25) is 11.6 Å². The number of ether oxygens (including phenoxy) is 2. The van der Waals surface area contributed by atoms with Crippen LogP contribution in [0.4, 0.5) is 8.78 Å². The van der Waals surface area contributed by atoms with E-state index < -0.39 is 17.6 Å². The molecule has 3 nitrogen and oxygen atoms in total. The summed E-state index contributed by atoms with van der Waals surface area (Å²) in [5.74, 6) is 0.216. The van der Waals surface area contributed by atoms with Gasteiger partial charge in [-0.1, -0.05) is 18.7 Å². The number of carbonyl (C=O) groups is 1. The summed E-state index contributed by atoms with van der Waals surface area (Å²) >= 11 is 0. The monoisotopic (exact) mass is 458 g/mol. The summed E-state index contributed by atoms with van der Waals surface area (Å²) < 4.78 is 38.8. The van der Waals surface area contributed by atoms with Crippen molar-refractivity contribution in [3.8, 4) is 11.5 Å². The highest BCUT2D eigenvalue weighted by molar-refractivity contribution is 5.75. The molecule has 3 aliphatic carbocycles. The number of fused-ring (bicyclic) bond motifs is 1. The van der Waals surface area contributed by atoms with Crippen molar-refractivity contribution < 1.29 is 23.0 Å². The van der Waals surface area contributed by atoms with Crippen molar-refractivity contribution >= 4 is 5.97 Å². The van der Waals surface area contributed by atoms with E-state index in [0.29, 0.717) is 11.8 Å². The lowest BCUT2D eigenvalue weighted by Gasteiger charge is -2.45. The van der Waals surface area contributed by atoms with E-state index in [0.717, 1.165) is 43.4 Å². The third kappa shape index (κ3) is 5.50. The van der Waals surface area contributed by atoms with Crippen molar-refractivity contribution in [2.45, 2.75) is 64.2 Å². The van der Waals surface area contributed by atoms with Gasteiger partial charge in [0.25, 0.3) is 0 Å². The molecule has 0 radical (unpaired) electrons. The standard InChI is InChI=1S/C28H36F2O3/c1-3-15-32-24-13-14-25(27(30)26(24)29)33-28(31)20-9-7-19(8-10-20)22-12-11-21-16-18(4-2)5-6-23(21)17-22/h3-4,13-14,18-23H,1-2,5-12,15-17H2. The Bertz CT molecular complexity index is 859. The van der Waals surface area contributed by atoms with E-state index >= 15 is 0 Å². The maximum atomic E-state index is 14.3. The first kappa shape index (κ1) is 24.0. The Morgan fingerprint density at radius 3 is 2.12 bits per heavy atom. The van der Waals surface area contributed by atoms with Gasteiger partial charge in [0.1, 0.15) is 6.61 Å². The number of esters is 1. The van der Waals surface area contributed by atoms with Gasteiger partial charge in [-0.15, -0.1) is 6.58 Å². The van der Waals surface area contributed by atoms with Crippen molar-refractivity contribution in [1.29, 1.82) is 0 Å². The summed E-state index contributed by atoms with van der Waals surface area (Å²) in [7, 11) is 0. The molecule has 5 heteroatoms. The number of halogens is 2. The minimum Gasteiger partial charge on any atom is -0.486 e. The summed E-state index contributed by atoms with van der Waals surface area (Å²) in [5, 5.41) is 0. The molecule has 4 unspecified atom stereocenters. The number of rotatable bonds is 7. The third-order valence-corrected chi connectivity index (χ3v) is 8.38. The lowest BCUT2D eigenvalue weighted by atomic mass is 9.61. The van der Waals surface area contributed by atoms with Crippen molar-refractivity contribution in [3.05, 3.63) is 49.1 Å². The van der Waals surface area contributed by atoms with Gasteiger partial charge < -0.3 is 9.47 Å². The zero-order chi connectivity index (χ0) is 23.4. The van der Waals surface area contributed by atoms with Crippen LogP contribution in [0.3, 0.4) is 0 Å². The maximum absolute atomic E-state index is 14.3.